The van der Waals surface area contributed by atoms with Gasteiger partial charge in [0.2, 0.25) is 11.8 Å². The summed E-state index contributed by atoms with van der Waals surface area (Å²) in [5, 5.41) is 2.63. The Morgan fingerprint density at radius 3 is 2.12 bits per heavy atom. The minimum absolute atomic E-state index is 0.0993. The summed E-state index contributed by atoms with van der Waals surface area (Å²) in [5.41, 5.74) is -0.334. The van der Waals surface area contributed by atoms with Crippen LogP contribution >= 0.6 is 23.2 Å². The third kappa shape index (κ3) is 8.64. The Morgan fingerprint density at radius 1 is 0.953 bits per heavy atom. The van der Waals surface area contributed by atoms with Crippen LogP contribution in [0.5, 0.6) is 0 Å². The Labute approximate surface area is 259 Å². The minimum atomic E-state index is -4.89. The van der Waals surface area contributed by atoms with Crippen molar-refractivity contribution in [1.29, 1.82) is 0 Å². The predicted octanol–water partition coefficient (Wildman–Crippen LogP) is 6.85. The summed E-state index contributed by atoms with van der Waals surface area (Å²) in [6, 6.07) is 13.5. The summed E-state index contributed by atoms with van der Waals surface area (Å²) >= 11 is 11.8. The highest BCUT2D eigenvalue weighted by Gasteiger charge is 2.37. The Kier molecular flexibility index (Phi) is 11.1. The van der Waals surface area contributed by atoms with Crippen LogP contribution in [-0.2, 0) is 32.3 Å². The molecule has 0 heterocycles. The maximum Gasteiger partial charge on any atom is 0.417 e. The number of halogens is 5. The summed E-state index contributed by atoms with van der Waals surface area (Å²) < 4.78 is 69.6. The quantitative estimate of drug-likeness (QED) is 0.244. The highest BCUT2D eigenvalue weighted by Crippen LogP contribution is 2.38. The molecule has 232 valence electrons. The molecule has 3 aromatic rings. The number of carbonyl (C=O) groups is 2. The predicted molar refractivity (Wildman–Crippen MR) is 162 cm³/mol. The average molecular weight is 659 g/mol. The minimum Gasteiger partial charge on any atom is -0.352 e. The lowest BCUT2D eigenvalue weighted by molar-refractivity contribution is -0.139. The summed E-state index contributed by atoms with van der Waals surface area (Å²) in [6.45, 7) is 5.91. The number of aryl methyl sites for hydroxylation is 1. The number of carbonyl (C=O) groups excluding carboxylic acids is 2. The smallest absolute Gasteiger partial charge is 0.352 e. The summed E-state index contributed by atoms with van der Waals surface area (Å²) in [4.78, 5) is 28.0. The molecule has 13 heteroatoms. The van der Waals surface area contributed by atoms with E-state index in [2.05, 4.69) is 5.32 Å². The zero-order valence-electron chi connectivity index (χ0n) is 24.0. The normalized spacial score (nSPS) is 13.2. The van der Waals surface area contributed by atoms with Crippen LogP contribution in [0, 0.1) is 6.92 Å². The van der Waals surface area contributed by atoms with Crippen LogP contribution in [0.25, 0.3) is 0 Å². The van der Waals surface area contributed by atoms with Crippen molar-refractivity contribution in [2.45, 2.75) is 63.8 Å². The molecule has 0 aromatic heterocycles. The van der Waals surface area contributed by atoms with E-state index in [1.165, 1.54) is 36.1 Å². The van der Waals surface area contributed by atoms with Crippen molar-refractivity contribution < 1.29 is 31.2 Å². The van der Waals surface area contributed by atoms with Crippen molar-refractivity contribution in [3.63, 3.8) is 0 Å². The van der Waals surface area contributed by atoms with Crippen LogP contribution in [0.2, 0.25) is 10.0 Å². The van der Waals surface area contributed by atoms with E-state index in [1.807, 2.05) is 6.92 Å². The number of rotatable bonds is 11. The van der Waals surface area contributed by atoms with E-state index < -0.39 is 56.9 Å². The molecule has 1 N–H and O–H groups in total. The molecule has 0 spiro atoms. The van der Waals surface area contributed by atoms with Gasteiger partial charge in [-0.25, -0.2) is 8.42 Å². The number of alkyl halides is 3. The molecule has 0 aliphatic carbocycles. The molecule has 2 amide bonds. The lowest BCUT2D eigenvalue weighted by Gasteiger charge is -2.32. The summed E-state index contributed by atoms with van der Waals surface area (Å²) in [7, 11) is -4.56. The largest absolute Gasteiger partial charge is 0.417 e. The second-order valence-electron chi connectivity index (χ2n) is 10.1. The van der Waals surface area contributed by atoms with Crippen LogP contribution in [0.3, 0.4) is 0 Å². The maximum absolute atomic E-state index is 13.9. The first kappa shape index (κ1) is 34.2. The van der Waals surface area contributed by atoms with Gasteiger partial charge >= 0.3 is 6.18 Å². The van der Waals surface area contributed by atoms with Gasteiger partial charge < -0.3 is 10.2 Å². The second-order valence-corrected chi connectivity index (χ2v) is 12.8. The second kappa shape index (κ2) is 14.0. The van der Waals surface area contributed by atoms with E-state index >= 15 is 0 Å². The van der Waals surface area contributed by atoms with Gasteiger partial charge in [0.1, 0.15) is 12.6 Å². The zero-order valence-corrected chi connectivity index (χ0v) is 26.3. The molecular formula is C30H32Cl2F3N3O4S. The van der Waals surface area contributed by atoms with Crippen molar-refractivity contribution >= 4 is 50.7 Å². The third-order valence-corrected chi connectivity index (χ3v) is 9.24. The topological polar surface area (TPSA) is 86.8 Å². The van der Waals surface area contributed by atoms with Gasteiger partial charge in [0, 0.05) is 17.6 Å². The Morgan fingerprint density at radius 2 is 1.56 bits per heavy atom. The molecular weight excluding hydrogens is 626 g/mol. The van der Waals surface area contributed by atoms with Gasteiger partial charge in [-0.2, -0.15) is 13.2 Å². The maximum atomic E-state index is 13.9. The van der Waals surface area contributed by atoms with E-state index in [4.69, 9.17) is 23.2 Å². The Hall–Kier alpha value is -3.28. The molecule has 7 nitrogen and oxygen atoms in total. The van der Waals surface area contributed by atoms with Gasteiger partial charge in [-0.3, -0.25) is 13.9 Å². The van der Waals surface area contributed by atoms with Gasteiger partial charge in [0.05, 0.1) is 21.2 Å². The molecule has 0 radical (unpaired) electrons. The molecule has 3 aromatic carbocycles. The van der Waals surface area contributed by atoms with E-state index in [0.717, 1.165) is 17.7 Å². The van der Waals surface area contributed by atoms with Crippen LogP contribution < -0.4 is 9.62 Å². The number of nitrogens with zero attached hydrogens (tertiary/aromatic N) is 2. The number of anilines is 1. The fourth-order valence-electron chi connectivity index (χ4n) is 4.09. The Balaban J connectivity index is 2.11. The number of nitrogens with one attached hydrogen (secondary N) is 1. The van der Waals surface area contributed by atoms with Crippen molar-refractivity contribution in [3.8, 4) is 0 Å². The van der Waals surface area contributed by atoms with Gasteiger partial charge in [-0.1, -0.05) is 60.0 Å². The standard InChI is InChI=1S/C30H32Cl2F3N3O4S/c1-5-20(3)36-29(40)21(4)37(17-22-8-10-23(31)11-9-22)28(39)18-38(43(41,42)25-13-6-19(2)7-14-25)24-12-15-27(32)26(16-24)30(33,34)35/h6-16,20-21H,5,17-18H2,1-4H3,(H,36,40)/t20-,21+/m1/s1. The fraction of sp³-hybridized carbons (Fsp3) is 0.333. The fourth-order valence-corrected chi connectivity index (χ4v) is 5.84. The van der Waals surface area contributed by atoms with Crippen LogP contribution in [0.15, 0.2) is 71.6 Å². The van der Waals surface area contributed by atoms with E-state index in [-0.39, 0.29) is 17.5 Å². The highest BCUT2D eigenvalue weighted by atomic mass is 35.5. The highest BCUT2D eigenvalue weighted by molar-refractivity contribution is 7.92. The molecule has 43 heavy (non-hydrogen) atoms. The monoisotopic (exact) mass is 657 g/mol. The molecule has 0 bridgehead atoms. The zero-order chi connectivity index (χ0) is 32.1. The first-order valence-corrected chi connectivity index (χ1v) is 15.5. The number of hydrogen-bond acceptors (Lipinski definition) is 4. The van der Waals surface area contributed by atoms with Crippen LogP contribution in [0.4, 0.5) is 18.9 Å². The SMILES string of the molecule is CC[C@@H](C)NC(=O)[C@H](C)N(Cc1ccc(Cl)cc1)C(=O)CN(c1ccc(Cl)c(C(F)(F)F)c1)S(=O)(=O)c1ccc(C)cc1. The third-order valence-electron chi connectivity index (χ3n) is 6.87. The van der Waals surface area contributed by atoms with E-state index in [1.54, 1.807) is 38.1 Å². The summed E-state index contributed by atoms with van der Waals surface area (Å²) in [6.07, 6.45) is -4.26. The van der Waals surface area contributed by atoms with Crippen LogP contribution in [0.1, 0.15) is 43.9 Å². The molecule has 0 saturated carbocycles. The van der Waals surface area contributed by atoms with E-state index in [0.29, 0.717) is 27.4 Å². The number of hydrogen-bond donors (Lipinski definition) is 1. The molecule has 0 aliphatic heterocycles. The molecule has 2 atom stereocenters. The first-order valence-electron chi connectivity index (χ1n) is 13.3. The van der Waals surface area contributed by atoms with E-state index in [9.17, 15) is 31.2 Å². The number of sulfonamides is 1. The Bertz CT molecular complexity index is 1550. The molecule has 0 aliphatic rings. The van der Waals surface area contributed by atoms with Crippen molar-refractivity contribution in [2.75, 3.05) is 10.8 Å². The van der Waals surface area contributed by atoms with Gasteiger partial charge in [-0.05, 0) is 75.2 Å². The van der Waals surface area contributed by atoms with Crippen molar-refractivity contribution in [3.05, 3.63) is 93.5 Å². The molecule has 0 unspecified atom stereocenters. The number of amides is 2. The van der Waals surface area contributed by atoms with Crippen LogP contribution in [-0.4, -0.2) is 43.8 Å². The lowest BCUT2D eigenvalue weighted by Crippen LogP contribution is -2.52. The van der Waals surface area contributed by atoms with Gasteiger partial charge in [-0.15, -0.1) is 0 Å². The summed E-state index contributed by atoms with van der Waals surface area (Å²) in [5.74, 6) is -1.29. The molecule has 3 rings (SSSR count). The molecule has 0 saturated heterocycles. The first-order chi connectivity index (χ1) is 20.0. The average Bonchev–Trinajstić information content (AvgIpc) is 2.95. The lowest BCUT2D eigenvalue weighted by atomic mass is 10.1. The van der Waals surface area contributed by atoms with Crippen molar-refractivity contribution in [1.82, 2.24) is 10.2 Å². The molecule has 0 fully saturated rings. The van der Waals surface area contributed by atoms with Crippen molar-refractivity contribution in [2.24, 2.45) is 0 Å². The number of benzene rings is 3. The van der Waals surface area contributed by atoms with Gasteiger partial charge in [0.15, 0.2) is 0 Å². The van der Waals surface area contributed by atoms with Gasteiger partial charge in [0.25, 0.3) is 10.0 Å².